The van der Waals surface area contributed by atoms with Crippen molar-refractivity contribution in [1.29, 1.82) is 5.41 Å². The minimum absolute atomic E-state index is 0.0541. The molecule has 1 aromatic rings. The lowest BCUT2D eigenvalue weighted by molar-refractivity contribution is 0.127. The van der Waals surface area contributed by atoms with Gasteiger partial charge in [0.1, 0.15) is 16.6 Å². The molecule has 86 valence electrons. The van der Waals surface area contributed by atoms with Gasteiger partial charge in [0.15, 0.2) is 0 Å². The molecular weight excluding hydrogens is 224 g/mol. The van der Waals surface area contributed by atoms with Gasteiger partial charge in [-0.05, 0) is 13.3 Å². The van der Waals surface area contributed by atoms with E-state index in [9.17, 15) is 0 Å². The molecule has 3 N–H and O–H groups in total. The van der Waals surface area contributed by atoms with Crippen LogP contribution in [0.4, 0.5) is 0 Å². The second kappa shape index (κ2) is 4.80. The highest BCUT2D eigenvalue weighted by Crippen LogP contribution is 2.30. The zero-order chi connectivity index (χ0) is 11.5. The maximum Gasteiger partial charge on any atom is 0.143 e. The number of rotatable bonds is 3. The number of aromatic nitrogens is 2. The molecule has 16 heavy (non-hydrogen) atoms. The quantitative estimate of drug-likeness (QED) is 0.607. The van der Waals surface area contributed by atoms with Gasteiger partial charge in [-0.25, -0.2) is 9.97 Å². The number of amidine groups is 1. The lowest BCUT2D eigenvalue weighted by Crippen LogP contribution is -2.15. The van der Waals surface area contributed by atoms with Crippen molar-refractivity contribution in [3.63, 3.8) is 0 Å². The average molecular weight is 238 g/mol. The lowest BCUT2D eigenvalue weighted by atomic mass is 10.3. The SMILES string of the molecule is CC1OCCC1Sc1cnc(C(=N)N)cn1. The van der Waals surface area contributed by atoms with E-state index in [0.717, 1.165) is 18.1 Å². The van der Waals surface area contributed by atoms with Crippen LogP contribution in [0, 0.1) is 5.41 Å². The van der Waals surface area contributed by atoms with Gasteiger partial charge in [0.05, 0.1) is 18.5 Å². The number of hydrogen-bond donors (Lipinski definition) is 2. The minimum atomic E-state index is -0.0541. The van der Waals surface area contributed by atoms with Gasteiger partial charge in [0.2, 0.25) is 0 Å². The Morgan fingerprint density at radius 3 is 2.88 bits per heavy atom. The molecule has 0 saturated carbocycles. The van der Waals surface area contributed by atoms with Crippen LogP contribution in [-0.4, -0.2) is 33.8 Å². The number of thioether (sulfide) groups is 1. The first-order valence-corrected chi connectivity index (χ1v) is 5.99. The van der Waals surface area contributed by atoms with Gasteiger partial charge in [0, 0.05) is 11.9 Å². The van der Waals surface area contributed by atoms with Crippen molar-refractivity contribution in [2.24, 2.45) is 5.73 Å². The third-order valence-corrected chi connectivity index (χ3v) is 3.86. The van der Waals surface area contributed by atoms with Crippen LogP contribution in [0.2, 0.25) is 0 Å². The summed E-state index contributed by atoms with van der Waals surface area (Å²) in [6.07, 6.45) is 4.50. The van der Waals surface area contributed by atoms with E-state index in [4.69, 9.17) is 15.9 Å². The van der Waals surface area contributed by atoms with E-state index in [2.05, 4.69) is 16.9 Å². The molecule has 2 heterocycles. The minimum Gasteiger partial charge on any atom is -0.382 e. The van der Waals surface area contributed by atoms with Gasteiger partial charge in [0.25, 0.3) is 0 Å². The summed E-state index contributed by atoms with van der Waals surface area (Å²) in [5.41, 5.74) is 5.72. The van der Waals surface area contributed by atoms with E-state index in [0.29, 0.717) is 10.9 Å². The number of ether oxygens (including phenoxy) is 1. The van der Waals surface area contributed by atoms with Crippen LogP contribution in [0.5, 0.6) is 0 Å². The Hall–Kier alpha value is -1.14. The molecule has 0 amide bonds. The van der Waals surface area contributed by atoms with Crippen LogP contribution in [0.3, 0.4) is 0 Å². The predicted octanol–water partition coefficient (Wildman–Crippen LogP) is 1.03. The molecule has 2 atom stereocenters. The van der Waals surface area contributed by atoms with E-state index in [-0.39, 0.29) is 11.9 Å². The number of nitrogens with one attached hydrogen (secondary N) is 1. The molecule has 1 aliphatic heterocycles. The molecule has 0 aliphatic carbocycles. The highest BCUT2D eigenvalue weighted by Gasteiger charge is 2.25. The fraction of sp³-hybridized carbons (Fsp3) is 0.500. The average Bonchev–Trinajstić information content (AvgIpc) is 2.65. The van der Waals surface area contributed by atoms with Gasteiger partial charge in [-0.15, -0.1) is 0 Å². The third-order valence-electron chi connectivity index (χ3n) is 2.48. The van der Waals surface area contributed by atoms with Crippen LogP contribution in [0.25, 0.3) is 0 Å². The molecule has 2 unspecified atom stereocenters. The first-order chi connectivity index (χ1) is 7.66. The van der Waals surface area contributed by atoms with Crippen molar-refractivity contribution < 1.29 is 4.74 Å². The zero-order valence-electron chi connectivity index (χ0n) is 9.01. The first-order valence-electron chi connectivity index (χ1n) is 5.11. The van der Waals surface area contributed by atoms with Crippen LogP contribution >= 0.6 is 11.8 Å². The Morgan fingerprint density at radius 1 is 1.56 bits per heavy atom. The van der Waals surface area contributed by atoms with Crippen molar-refractivity contribution in [1.82, 2.24) is 9.97 Å². The lowest BCUT2D eigenvalue weighted by Gasteiger charge is -2.12. The summed E-state index contributed by atoms with van der Waals surface area (Å²) in [4.78, 5) is 8.29. The maximum atomic E-state index is 7.21. The molecule has 0 radical (unpaired) electrons. The van der Waals surface area contributed by atoms with Crippen molar-refractivity contribution in [2.75, 3.05) is 6.61 Å². The largest absolute Gasteiger partial charge is 0.382 e. The van der Waals surface area contributed by atoms with Crippen molar-refractivity contribution in [3.8, 4) is 0 Å². The van der Waals surface area contributed by atoms with E-state index < -0.39 is 0 Å². The molecule has 0 aromatic carbocycles. The smallest absolute Gasteiger partial charge is 0.143 e. The summed E-state index contributed by atoms with van der Waals surface area (Å²) in [6.45, 7) is 2.89. The van der Waals surface area contributed by atoms with E-state index in [1.807, 2.05) is 0 Å². The van der Waals surface area contributed by atoms with Gasteiger partial charge in [-0.2, -0.15) is 0 Å². The van der Waals surface area contributed by atoms with Gasteiger partial charge >= 0.3 is 0 Å². The van der Waals surface area contributed by atoms with E-state index in [1.165, 1.54) is 6.20 Å². The van der Waals surface area contributed by atoms with Crippen LogP contribution in [-0.2, 0) is 4.74 Å². The zero-order valence-corrected chi connectivity index (χ0v) is 9.83. The van der Waals surface area contributed by atoms with Crippen molar-refractivity contribution in [3.05, 3.63) is 18.1 Å². The summed E-state index contributed by atoms with van der Waals surface area (Å²) in [6, 6.07) is 0. The van der Waals surface area contributed by atoms with Crippen molar-refractivity contribution in [2.45, 2.75) is 29.7 Å². The molecule has 1 saturated heterocycles. The number of nitrogens with zero attached hydrogens (tertiary/aromatic N) is 2. The second-order valence-electron chi connectivity index (χ2n) is 3.67. The normalized spacial score (nSPS) is 24.6. The fourth-order valence-corrected chi connectivity index (χ4v) is 2.56. The fourth-order valence-electron chi connectivity index (χ4n) is 1.54. The van der Waals surface area contributed by atoms with E-state index >= 15 is 0 Å². The van der Waals surface area contributed by atoms with Crippen LogP contribution < -0.4 is 5.73 Å². The summed E-state index contributed by atoms with van der Waals surface area (Å²) in [5.74, 6) is -0.0541. The Kier molecular flexibility index (Phi) is 3.40. The van der Waals surface area contributed by atoms with Crippen LogP contribution in [0.15, 0.2) is 17.4 Å². The summed E-state index contributed by atoms with van der Waals surface area (Å²) < 4.78 is 5.48. The molecule has 1 aliphatic rings. The molecule has 6 heteroatoms. The number of hydrogen-bond acceptors (Lipinski definition) is 5. The second-order valence-corrected chi connectivity index (χ2v) is 4.93. The Bertz CT molecular complexity index is 381. The van der Waals surface area contributed by atoms with Gasteiger partial charge in [-0.1, -0.05) is 11.8 Å². The summed E-state index contributed by atoms with van der Waals surface area (Å²) in [7, 11) is 0. The summed E-state index contributed by atoms with van der Waals surface area (Å²) >= 11 is 1.67. The Balaban J connectivity index is 2.02. The van der Waals surface area contributed by atoms with E-state index in [1.54, 1.807) is 18.0 Å². The predicted molar refractivity (Wildman–Crippen MR) is 62.7 cm³/mol. The highest BCUT2D eigenvalue weighted by atomic mass is 32.2. The Morgan fingerprint density at radius 2 is 2.38 bits per heavy atom. The molecule has 5 nitrogen and oxygen atoms in total. The Labute approximate surface area is 98.3 Å². The van der Waals surface area contributed by atoms with Gasteiger partial charge < -0.3 is 10.5 Å². The standard InChI is InChI=1S/C10H14N4OS/c1-6-8(2-3-15-6)16-9-5-13-7(4-14-9)10(11)12/h4-6,8H,2-3H2,1H3,(H3,11,12). The molecule has 2 rings (SSSR count). The molecule has 1 fully saturated rings. The van der Waals surface area contributed by atoms with Crippen LogP contribution in [0.1, 0.15) is 19.0 Å². The molecular formula is C10H14N4OS. The summed E-state index contributed by atoms with van der Waals surface area (Å²) in [5, 5.41) is 8.51. The monoisotopic (exact) mass is 238 g/mol. The first kappa shape index (κ1) is 11.3. The van der Waals surface area contributed by atoms with Gasteiger partial charge in [-0.3, -0.25) is 5.41 Å². The highest BCUT2D eigenvalue weighted by molar-refractivity contribution is 7.99. The number of nitrogen functional groups attached to an aromatic ring is 1. The molecule has 0 spiro atoms. The third kappa shape index (κ3) is 2.51. The maximum absolute atomic E-state index is 7.21. The number of nitrogens with two attached hydrogens (primary N) is 1. The molecule has 1 aromatic heterocycles. The molecule has 0 bridgehead atoms. The van der Waals surface area contributed by atoms with Crippen molar-refractivity contribution >= 4 is 17.6 Å². The topological polar surface area (TPSA) is 84.9 Å².